The van der Waals surface area contributed by atoms with E-state index in [-0.39, 0.29) is 23.8 Å². The Balaban J connectivity index is 1.92. The zero-order chi connectivity index (χ0) is 21.7. The fraction of sp³-hybridized carbons (Fsp3) is 0.864. The van der Waals surface area contributed by atoms with Gasteiger partial charge in [-0.25, -0.2) is 0 Å². The number of amides is 1. The van der Waals surface area contributed by atoms with Crippen LogP contribution in [0.3, 0.4) is 0 Å². The maximum absolute atomic E-state index is 13.2. The Morgan fingerprint density at radius 2 is 1.69 bits per heavy atom. The zero-order valence-electron chi connectivity index (χ0n) is 18.4. The molecule has 2 saturated carbocycles. The predicted octanol–water partition coefficient (Wildman–Crippen LogP) is 2.84. The molecule has 0 aliphatic heterocycles. The van der Waals surface area contributed by atoms with Crippen molar-refractivity contribution in [2.45, 2.75) is 103 Å². The number of hydrogen-bond donors (Lipinski definition) is 2. The number of hydrogen-bond acceptors (Lipinski definition) is 6. The molecule has 29 heavy (non-hydrogen) atoms. The van der Waals surface area contributed by atoms with E-state index >= 15 is 0 Å². The van der Waals surface area contributed by atoms with Gasteiger partial charge in [0.25, 0.3) is 0 Å². The second-order valence-electron chi connectivity index (χ2n) is 9.61. The van der Waals surface area contributed by atoms with Crippen LogP contribution in [0.1, 0.15) is 85.5 Å². The van der Waals surface area contributed by atoms with Crippen molar-refractivity contribution in [3.05, 3.63) is 0 Å². The van der Waals surface area contributed by atoms with Gasteiger partial charge in [-0.05, 0) is 72.6 Å². The highest BCUT2D eigenvalue weighted by Crippen LogP contribution is 2.42. The summed E-state index contributed by atoms with van der Waals surface area (Å²) in [5.74, 6) is -0.655. The van der Waals surface area contributed by atoms with E-state index in [1.165, 1.54) is 0 Å². The number of carbonyl (C=O) groups excluding carboxylic acids is 3. The van der Waals surface area contributed by atoms with Gasteiger partial charge in [-0.2, -0.15) is 0 Å². The molecule has 2 aliphatic carbocycles. The van der Waals surface area contributed by atoms with E-state index in [1.807, 2.05) is 27.7 Å². The summed E-state index contributed by atoms with van der Waals surface area (Å²) in [6.07, 6.45) is 6.72. The van der Waals surface area contributed by atoms with Crippen LogP contribution in [0.15, 0.2) is 0 Å². The second-order valence-corrected chi connectivity index (χ2v) is 9.61. The smallest absolute Gasteiger partial charge is 0.323 e. The first-order valence-corrected chi connectivity index (χ1v) is 11.0. The molecule has 0 spiro atoms. The Morgan fingerprint density at radius 3 is 2.21 bits per heavy atom. The molecular weight excluding hydrogens is 372 g/mol. The Kier molecular flexibility index (Phi) is 8.09. The van der Waals surface area contributed by atoms with Gasteiger partial charge in [0, 0.05) is 6.04 Å². The van der Waals surface area contributed by atoms with Gasteiger partial charge >= 0.3 is 11.9 Å². The van der Waals surface area contributed by atoms with Crippen molar-refractivity contribution in [1.29, 1.82) is 0 Å². The third kappa shape index (κ3) is 6.69. The van der Waals surface area contributed by atoms with Crippen LogP contribution >= 0.6 is 0 Å². The van der Waals surface area contributed by atoms with Crippen LogP contribution < -0.4 is 11.1 Å². The highest BCUT2D eigenvalue weighted by atomic mass is 16.6. The van der Waals surface area contributed by atoms with Gasteiger partial charge in [0.15, 0.2) is 0 Å². The standard InChI is InChI=1S/C22H38N2O5/c1-5-28-18(25)15-8-10-16(11-9-15)24-20(27)22(12-6-7-13-22)14-17(23)19(26)29-21(2,3)4/h15-17H,5-14,23H2,1-4H3,(H,24,27)/t15-,16+,17?. The fourth-order valence-corrected chi connectivity index (χ4v) is 4.53. The molecule has 2 fully saturated rings. The quantitative estimate of drug-likeness (QED) is 0.625. The zero-order valence-corrected chi connectivity index (χ0v) is 18.4. The van der Waals surface area contributed by atoms with Crippen LogP contribution in [0.5, 0.6) is 0 Å². The van der Waals surface area contributed by atoms with E-state index in [1.54, 1.807) is 0 Å². The lowest BCUT2D eigenvalue weighted by Crippen LogP contribution is -2.49. The lowest BCUT2D eigenvalue weighted by molar-refractivity contribution is -0.157. The summed E-state index contributed by atoms with van der Waals surface area (Å²) in [4.78, 5) is 37.4. The van der Waals surface area contributed by atoms with Gasteiger partial charge in [0.1, 0.15) is 11.6 Å². The van der Waals surface area contributed by atoms with E-state index in [4.69, 9.17) is 15.2 Å². The summed E-state index contributed by atoms with van der Waals surface area (Å²) in [6.45, 7) is 7.63. The predicted molar refractivity (Wildman–Crippen MR) is 110 cm³/mol. The number of rotatable bonds is 7. The van der Waals surface area contributed by atoms with Crippen LogP contribution in [0.4, 0.5) is 0 Å². The summed E-state index contributed by atoms with van der Waals surface area (Å²) in [7, 11) is 0. The minimum absolute atomic E-state index is 0.00593. The van der Waals surface area contributed by atoms with Crippen molar-refractivity contribution in [3.8, 4) is 0 Å². The van der Waals surface area contributed by atoms with Crippen LogP contribution in [0.25, 0.3) is 0 Å². The minimum Gasteiger partial charge on any atom is -0.466 e. The molecule has 166 valence electrons. The Bertz CT molecular complexity index is 585. The molecule has 0 radical (unpaired) electrons. The Hall–Kier alpha value is -1.63. The molecule has 0 saturated heterocycles. The molecule has 7 heteroatoms. The summed E-state index contributed by atoms with van der Waals surface area (Å²) >= 11 is 0. The summed E-state index contributed by atoms with van der Waals surface area (Å²) in [6, 6.07) is -0.749. The largest absolute Gasteiger partial charge is 0.466 e. The molecule has 2 rings (SSSR count). The van der Waals surface area contributed by atoms with E-state index in [9.17, 15) is 14.4 Å². The molecule has 0 aromatic rings. The highest BCUT2D eigenvalue weighted by Gasteiger charge is 2.44. The van der Waals surface area contributed by atoms with Crippen LogP contribution in [0, 0.1) is 11.3 Å². The van der Waals surface area contributed by atoms with E-state index in [0.29, 0.717) is 13.0 Å². The molecule has 1 atom stereocenters. The number of nitrogens with one attached hydrogen (secondary N) is 1. The van der Waals surface area contributed by atoms with Crippen molar-refractivity contribution in [2.75, 3.05) is 6.61 Å². The summed E-state index contributed by atoms with van der Waals surface area (Å²) < 4.78 is 10.5. The summed E-state index contributed by atoms with van der Waals surface area (Å²) in [5.41, 5.74) is 4.93. The third-order valence-corrected chi connectivity index (χ3v) is 6.04. The molecule has 7 nitrogen and oxygen atoms in total. The number of ether oxygens (including phenoxy) is 2. The van der Waals surface area contributed by atoms with E-state index in [2.05, 4.69) is 5.32 Å². The van der Waals surface area contributed by atoms with Crippen molar-refractivity contribution in [1.82, 2.24) is 5.32 Å². The van der Waals surface area contributed by atoms with Crippen LogP contribution in [-0.2, 0) is 23.9 Å². The number of nitrogens with two attached hydrogens (primary N) is 1. The minimum atomic E-state index is -0.808. The van der Waals surface area contributed by atoms with Gasteiger partial charge in [-0.1, -0.05) is 12.8 Å². The molecule has 2 aliphatic rings. The highest BCUT2D eigenvalue weighted by molar-refractivity contribution is 5.85. The molecule has 0 aromatic heterocycles. The molecule has 1 unspecified atom stereocenters. The molecular formula is C22H38N2O5. The van der Waals surface area contributed by atoms with Gasteiger partial charge in [-0.3, -0.25) is 14.4 Å². The molecule has 3 N–H and O–H groups in total. The van der Waals surface area contributed by atoms with Crippen LogP contribution in [0.2, 0.25) is 0 Å². The average Bonchev–Trinajstić information content (AvgIpc) is 3.11. The lowest BCUT2D eigenvalue weighted by atomic mass is 9.78. The normalized spacial score (nSPS) is 25.1. The summed E-state index contributed by atoms with van der Waals surface area (Å²) in [5, 5.41) is 3.19. The molecule has 0 aromatic carbocycles. The first kappa shape index (κ1) is 23.6. The first-order valence-electron chi connectivity index (χ1n) is 11.0. The van der Waals surface area contributed by atoms with E-state index in [0.717, 1.165) is 51.4 Å². The van der Waals surface area contributed by atoms with Crippen molar-refractivity contribution in [3.63, 3.8) is 0 Å². The lowest BCUT2D eigenvalue weighted by Gasteiger charge is -2.34. The first-order chi connectivity index (χ1) is 13.6. The topological polar surface area (TPSA) is 108 Å². The van der Waals surface area contributed by atoms with Crippen LogP contribution in [-0.4, -0.2) is 42.1 Å². The van der Waals surface area contributed by atoms with Crippen molar-refractivity contribution >= 4 is 17.8 Å². The molecule has 0 bridgehead atoms. The van der Waals surface area contributed by atoms with Gasteiger partial charge in [0.2, 0.25) is 5.91 Å². The molecule has 0 heterocycles. The van der Waals surface area contributed by atoms with Gasteiger partial charge in [-0.15, -0.1) is 0 Å². The maximum Gasteiger partial charge on any atom is 0.323 e. The number of carbonyl (C=O) groups is 3. The van der Waals surface area contributed by atoms with Crippen molar-refractivity contribution < 1.29 is 23.9 Å². The third-order valence-electron chi connectivity index (χ3n) is 6.04. The van der Waals surface area contributed by atoms with Gasteiger partial charge < -0.3 is 20.5 Å². The van der Waals surface area contributed by atoms with E-state index < -0.39 is 23.0 Å². The van der Waals surface area contributed by atoms with Crippen molar-refractivity contribution in [2.24, 2.45) is 17.1 Å². The average molecular weight is 411 g/mol. The monoisotopic (exact) mass is 410 g/mol. The van der Waals surface area contributed by atoms with Gasteiger partial charge in [0.05, 0.1) is 17.9 Å². The fourth-order valence-electron chi connectivity index (χ4n) is 4.53. The Labute approximate surface area is 174 Å². The molecule has 1 amide bonds. The second kappa shape index (κ2) is 9.92. The maximum atomic E-state index is 13.2. The SMILES string of the molecule is CCOC(=O)[C@H]1CC[C@@H](NC(=O)C2(CC(N)C(=O)OC(C)(C)C)CCCC2)CC1. The Morgan fingerprint density at radius 1 is 1.10 bits per heavy atom. The number of esters is 2.